The average Bonchev–Trinajstić information content (AvgIpc) is 2.69. The van der Waals surface area contributed by atoms with E-state index < -0.39 is 0 Å². The SMILES string of the molecule is CCN(CC)c1ccnc(NC2CCCCCC2)n1. The van der Waals surface area contributed by atoms with Gasteiger partial charge in [-0.05, 0) is 32.8 Å². The van der Waals surface area contributed by atoms with Crippen LogP contribution in [0.4, 0.5) is 11.8 Å². The molecule has 0 spiro atoms. The van der Waals surface area contributed by atoms with E-state index in [-0.39, 0.29) is 0 Å². The van der Waals surface area contributed by atoms with Gasteiger partial charge in [0.15, 0.2) is 0 Å². The van der Waals surface area contributed by atoms with E-state index in [4.69, 9.17) is 0 Å². The third-order valence-electron chi connectivity index (χ3n) is 3.92. The first-order chi connectivity index (χ1) is 9.33. The van der Waals surface area contributed by atoms with Crippen LogP contribution in [-0.2, 0) is 0 Å². The van der Waals surface area contributed by atoms with Crippen molar-refractivity contribution in [2.45, 2.75) is 58.4 Å². The van der Waals surface area contributed by atoms with Crippen molar-refractivity contribution >= 4 is 11.8 Å². The zero-order valence-corrected chi connectivity index (χ0v) is 12.2. The van der Waals surface area contributed by atoms with E-state index in [1.54, 1.807) is 0 Å². The van der Waals surface area contributed by atoms with Crippen molar-refractivity contribution in [3.63, 3.8) is 0 Å². The minimum Gasteiger partial charge on any atom is -0.357 e. The van der Waals surface area contributed by atoms with Gasteiger partial charge in [0.25, 0.3) is 0 Å². The van der Waals surface area contributed by atoms with Crippen LogP contribution in [0.1, 0.15) is 52.4 Å². The summed E-state index contributed by atoms with van der Waals surface area (Å²) in [5.74, 6) is 1.81. The van der Waals surface area contributed by atoms with Crippen molar-refractivity contribution < 1.29 is 0 Å². The topological polar surface area (TPSA) is 41.1 Å². The molecule has 0 saturated heterocycles. The molecule has 1 aliphatic carbocycles. The van der Waals surface area contributed by atoms with Crippen molar-refractivity contribution in [3.05, 3.63) is 12.3 Å². The summed E-state index contributed by atoms with van der Waals surface area (Å²) in [4.78, 5) is 11.3. The molecule has 0 atom stereocenters. The van der Waals surface area contributed by atoms with Gasteiger partial charge in [0.05, 0.1) is 0 Å². The van der Waals surface area contributed by atoms with Crippen LogP contribution in [0.25, 0.3) is 0 Å². The zero-order valence-electron chi connectivity index (χ0n) is 12.2. The molecule has 106 valence electrons. The van der Waals surface area contributed by atoms with Crippen LogP contribution < -0.4 is 10.2 Å². The summed E-state index contributed by atoms with van der Waals surface area (Å²) in [6.07, 6.45) is 9.76. The molecule has 1 N–H and O–H groups in total. The van der Waals surface area contributed by atoms with Crippen molar-refractivity contribution in [2.24, 2.45) is 0 Å². The van der Waals surface area contributed by atoms with Crippen LogP contribution >= 0.6 is 0 Å². The fourth-order valence-corrected chi connectivity index (χ4v) is 2.75. The maximum absolute atomic E-state index is 4.64. The molecule has 0 aromatic carbocycles. The summed E-state index contributed by atoms with van der Waals surface area (Å²) in [7, 11) is 0. The Labute approximate surface area is 116 Å². The molecule has 2 rings (SSSR count). The number of hydrogen-bond acceptors (Lipinski definition) is 4. The fraction of sp³-hybridized carbons (Fsp3) is 0.733. The number of nitrogens with one attached hydrogen (secondary N) is 1. The van der Waals surface area contributed by atoms with Crippen LogP contribution in [0, 0.1) is 0 Å². The van der Waals surface area contributed by atoms with Gasteiger partial charge in [-0.1, -0.05) is 25.7 Å². The van der Waals surface area contributed by atoms with E-state index in [9.17, 15) is 0 Å². The van der Waals surface area contributed by atoms with E-state index >= 15 is 0 Å². The van der Waals surface area contributed by atoms with Gasteiger partial charge < -0.3 is 10.2 Å². The molecule has 0 radical (unpaired) electrons. The van der Waals surface area contributed by atoms with E-state index in [0.717, 1.165) is 24.9 Å². The minimum atomic E-state index is 0.550. The Hall–Kier alpha value is -1.32. The molecule has 0 bridgehead atoms. The third kappa shape index (κ3) is 4.08. The Morgan fingerprint density at radius 3 is 2.47 bits per heavy atom. The smallest absolute Gasteiger partial charge is 0.224 e. The van der Waals surface area contributed by atoms with Gasteiger partial charge in [-0.25, -0.2) is 4.98 Å². The highest BCUT2D eigenvalue weighted by Crippen LogP contribution is 2.20. The predicted octanol–water partition coefficient (Wildman–Crippen LogP) is 3.46. The second-order valence-electron chi connectivity index (χ2n) is 5.24. The maximum atomic E-state index is 4.64. The van der Waals surface area contributed by atoms with Crippen LogP contribution in [0.2, 0.25) is 0 Å². The quantitative estimate of drug-likeness (QED) is 0.825. The lowest BCUT2D eigenvalue weighted by Gasteiger charge is -2.21. The highest BCUT2D eigenvalue weighted by molar-refractivity contribution is 5.42. The van der Waals surface area contributed by atoms with Crippen LogP contribution in [0.5, 0.6) is 0 Å². The second kappa shape index (κ2) is 7.31. The van der Waals surface area contributed by atoms with Crippen molar-refractivity contribution in [3.8, 4) is 0 Å². The molecule has 0 unspecified atom stereocenters. The van der Waals surface area contributed by atoms with Crippen LogP contribution in [-0.4, -0.2) is 29.1 Å². The first-order valence-corrected chi connectivity index (χ1v) is 7.68. The van der Waals surface area contributed by atoms with Gasteiger partial charge in [0.2, 0.25) is 5.95 Å². The second-order valence-corrected chi connectivity index (χ2v) is 5.24. The first kappa shape index (κ1) is 14.1. The minimum absolute atomic E-state index is 0.550. The molecule has 1 aromatic heterocycles. The Balaban J connectivity index is 2.01. The molecule has 4 nitrogen and oxygen atoms in total. The van der Waals surface area contributed by atoms with Gasteiger partial charge in [-0.15, -0.1) is 0 Å². The number of nitrogens with zero attached hydrogens (tertiary/aromatic N) is 3. The molecule has 19 heavy (non-hydrogen) atoms. The van der Waals surface area contributed by atoms with Crippen molar-refractivity contribution in [2.75, 3.05) is 23.3 Å². The Morgan fingerprint density at radius 1 is 1.16 bits per heavy atom. The molecule has 0 aliphatic heterocycles. The molecule has 0 amide bonds. The summed E-state index contributed by atoms with van der Waals surface area (Å²) < 4.78 is 0. The Morgan fingerprint density at radius 2 is 1.84 bits per heavy atom. The lowest BCUT2D eigenvalue weighted by Crippen LogP contribution is -2.25. The first-order valence-electron chi connectivity index (χ1n) is 7.68. The average molecular weight is 262 g/mol. The molecule has 1 heterocycles. The largest absolute Gasteiger partial charge is 0.357 e. The lowest BCUT2D eigenvalue weighted by molar-refractivity contribution is 0.614. The van der Waals surface area contributed by atoms with Gasteiger partial charge in [0, 0.05) is 25.3 Å². The summed E-state index contributed by atoms with van der Waals surface area (Å²) in [5.41, 5.74) is 0. The van der Waals surface area contributed by atoms with Gasteiger partial charge >= 0.3 is 0 Å². The number of hydrogen-bond donors (Lipinski definition) is 1. The monoisotopic (exact) mass is 262 g/mol. The molecular weight excluding hydrogens is 236 g/mol. The van der Waals surface area contributed by atoms with Gasteiger partial charge in [-0.3, -0.25) is 0 Å². The van der Waals surface area contributed by atoms with E-state index in [2.05, 4.69) is 34.0 Å². The van der Waals surface area contributed by atoms with E-state index in [0.29, 0.717) is 6.04 Å². The number of aromatic nitrogens is 2. The van der Waals surface area contributed by atoms with E-state index in [1.807, 2.05) is 12.3 Å². The highest BCUT2D eigenvalue weighted by Gasteiger charge is 2.13. The van der Waals surface area contributed by atoms with Gasteiger partial charge in [-0.2, -0.15) is 4.98 Å². The van der Waals surface area contributed by atoms with E-state index in [1.165, 1.54) is 38.5 Å². The zero-order chi connectivity index (χ0) is 13.5. The molecule has 1 fully saturated rings. The van der Waals surface area contributed by atoms with Crippen molar-refractivity contribution in [1.29, 1.82) is 0 Å². The third-order valence-corrected chi connectivity index (χ3v) is 3.92. The molecule has 1 aliphatic rings. The summed E-state index contributed by atoms with van der Waals surface area (Å²) >= 11 is 0. The number of anilines is 2. The standard InChI is InChI=1S/C15H26N4/c1-3-19(4-2)14-11-12-16-15(18-14)17-13-9-7-5-6-8-10-13/h11-13H,3-10H2,1-2H3,(H,16,17,18). The molecule has 4 heteroatoms. The van der Waals surface area contributed by atoms with Gasteiger partial charge in [0.1, 0.15) is 5.82 Å². The molecular formula is C15H26N4. The molecule has 1 saturated carbocycles. The predicted molar refractivity (Wildman–Crippen MR) is 80.7 cm³/mol. The Bertz CT molecular complexity index is 368. The number of rotatable bonds is 5. The van der Waals surface area contributed by atoms with Crippen LogP contribution in [0.15, 0.2) is 12.3 Å². The summed E-state index contributed by atoms with van der Waals surface area (Å²) in [6, 6.07) is 2.54. The normalized spacial score (nSPS) is 16.9. The summed E-state index contributed by atoms with van der Waals surface area (Å²) in [6.45, 7) is 6.28. The fourth-order valence-electron chi connectivity index (χ4n) is 2.75. The lowest BCUT2D eigenvalue weighted by atomic mass is 10.1. The van der Waals surface area contributed by atoms with Crippen molar-refractivity contribution in [1.82, 2.24) is 9.97 Å². The van der Waals surface area contributed by atoms with Crippen LogP contribution in [0.3, 0.4) is 0 Å². The summed E-state index contributed by atoms with van der Waals surface area (Å²) in [5, 5.41) is 3.52. The Kier molecular flexibility index (Phi) is 5.43. The highest BCUT2D eigenvalue weighted by atomic mass is 15.2. The maximum Gasteiger partial charge on any atom is 0.224 e. The molecule has 1 aromatic rings.